The Labute approximate surface area is 137 Å². The van der Waals surface area contributed by atoms with Crippen LogP contribution in [0, 0.1) is 0 Å². The summed E-state index contributed by atoms with van der Waals surface area (Å²) in [5.41, 5.74) is 0.779. The molecule has 4 heteroatoms. The molecule has 0 bridgehead atoms. The van der Waals surface area contributed by atoms with E-state index in [1.807, 2.05) is 36.4 Å². The monoisotopic (exact) mass is 313 g/mol. The molecule has 0 spiro atoms. The molecule has 0 atom stereocenters. The topological polar surface area (TPSA) is 53.8 Å². The van der Waals surface area contributed by atoms with Crippen molar-refractivity contribution in [2.75, 3.05) is 26.2 Å². The summed E-state index contributed by atoms with van der Waals surface area (Å²) in [5, 5.41) is 12.8. The molecule has 0 saturated carbocycles. The highest BCUT2D eigenvalue weighted by atomic mass is 16.5. The van der Waals surface area contributed by atoms with Crippen LogP contribution < -0.4 is 14.7 Å². The average molecular weight is 313 g/mol. The molecule has 1 N–H and O–H groups in total. The van der Waals surface area contributed by atoms with Crippen LogP contribution in [0.15, 0.2) is 42.5 Å². The maximum absolute atomic E-state index is 10.8. The quantitative estimate of drug-likeness (QED) is 0.737. The van der Waals surface area contributed by atoms with Crippen molar-refractivity contribution in [3.05, 3.63) is 48.0 Å². The molecule has 4 nitrogen and oxygen atoms in total. The Morgan fingerprint density at radius 2 is 1.91 bits per heavy atom. The molecule has 2 aromatic carbocycles. The van der Waals surface area contributed by atoms with Gasteiger partial charge in [-0.3, -0.25) is 0 Å². The lowest BCUT2D eigenvalue weighted by Gasteiger charge is -2.17. The first-order valence-electron chi connectivity index (χ1n) is 8.02. The van der Waals surface area contributed by atoms with Crippen molar-refractivity contribution in [1.82, 2.24) is 0 Å². The lowest BCUT2D eigenvalue weighted by Crippen LogP contribution is -3.12. The van der Waals surface area contributed by atoms with E-state index in [1.54, 1.807) is 6.08 Å². The maximum Gasteiger partial charge on any atom is 0.137 e. The number of carboxylic acids is 1. The minimum Gasteiger partial charge on any atom is -0.545 e. The Balaban J connectivity index is 2.27. The van der Waals surface area contributed by atoms with Crippen LogP contribution in [0.25, 0.3) is 16.8 Å². The number of carboxylic acid groups (broad SMARTS) is 1. The predicted molar refractivity (Wildman–Crippen MR) is 90.4 cm³/mol. The first kappa shape index (κ1) is 17.0. The minimum absolute atomic E-state index is 0.599. The zero-order valence-corrected chi connectivity index (χ0v) is 13.7. The normalized spacial score (nSPS) is 11.4. The summed E-state index contributed by atoms with van der Waals surface area (Å²) in [6, 6.07) is 11.7. The summed E-state index contributed by atoms with van der Waals surface area (Å²) in [6.45, 7) is 7.96. The second kappa shape index (κ2) is 8.34. The molecule has 23 heavy (non-hydrogen) atoms. The van der Waals surface area contributed by atoms with Gasteiger partial charge in [-0.2, -0.15) is 0 Å². The van der Waals surface area contributed by atoms with Crippen LogP contribution in [0.4, 0.5) is 0 Å². The van der Waals surface area contributed by atoms with Crippen LogP contribution in [0.5, 0.6) is 5.75 Å². The van der Waals surface area contributed by atoms with Crippen molar-refractivity contribution >= 4 is 22.8 Å². The van der Waals surface area contributed by atoms with Crippen LogP contribution in [-0.2, 0) is 4.79 Å². The van der Waals surface area contributed by atoms with Gasteiger partial charge in [0, 0.05) is 5.56 Å². The maximum atomic E-state index is 10.8. The van der Waals surface area contributed by atoms with Crippen LogP contribution >= 0.6 is 0 Å². The second-order valence-electron chi connectivity index (χ2n) is 5.41. The van der Waals surface area contributed by atoms with Crippen LogP contribution in [0.2, 0.25) is 0 Å². The van der Waals surface area contributed by atoms with Gasteiger partial charge in [-0.05, 0) is 42.8 Å². The van der Waals surface area contributed by atoms with Crippen molar-refractivity contribution < 1.29 is 19.5 Å². The molecule has 0 heterocycles. The molecular weight excluding hydrogens is 290 g/mol. The Hall–Kier alpha value is -2.33. The molecule has 0 aromatic heterocycles. The van der Waals surface area contributed by atoms with Crippen molar-refractivity contribution in [1.29, 1.82) is 0 Å². The van der Waals surface area contributed by atoms with Gasteiger partial charge in [-0.15, -0.1) is 0 Å². The number of fused-ring (bicyclic) bond motifs is 1. The SMILES string of the molecule is CC[NH+](CC)CCOc1ccc2ccccc2c1/C=C/C(=O)[O-]. The van der Waals surface area contributed by atoms with E-state index < -0.39 is 5.97 Å². The van der Waals surface area contributed by atoms with E-state index in [0.717, 1.165) is 42.0 Å². The van der Waals surface area contributed by atoms with E-state index in [1.165, 1.54) is 4.90 Å². The Kier molecular flexibility index (Phi) is 6.18. The van der Waals surface area contributed by atoms with Crippen LogP contribution in [-0.4, -0.2) is 32.2 Å². The van der Waals surface area contributed by atoms with Crippen molar-refractivity contribution in [3.8, 4) is 5.75 Å². The van der Waals surface area contributed by atoms with Gasteiger partial charge in [-0.25, -0.2) is 0 Å². The van der Waals surface area contributed by atoms with Gasteiger partial charge < -0.3 is 19.5 Å². The Bertz CT molecular complexity index is 690. The third-order valence-electron chi connectivity index (χ3n) is 4.03. The smallest absolute Gasteiger partial charge is 0.137 e. The van der Waals surface area contributed by atoms with Gasteiger partial charge in [0.2, 0.25) is 0 Å². The minimum atomic E-state index is -1.21. The summed E-state index contributed by atoms with van der Waals surface area (Å²) in [4.78, 5) is 12.2. The lowest BCUT2D eigenvalue weighted by molar-refractivity contribution is -0.896. The number of likely N-dealkylation sites (N-methyl/N-ethyl adjacent to an activating group) is 1. The molecule has 122 valence electrons. The zero-order valence-electron chi connectivity index (χ0n) is 13.7. The lowest BCUT2D eigenvalue weighted by atomic mass is 10.0. The van der Waals surface area contributed by atoms with E-state index in [0.29, 0.717) is 12.4 Å². The number of quaternary nitrogens is 1. The molecule has 0 aliphatic heterocycles. The number of hydrogen-bond acceptors (Lipinski definition) is 3. The summed E-state index contributed by atoms with van der Waals surface area (Å²) < 4.78 is 5.93. The van der Waals surface area contributed by atoms with Crippen molar-refractivity contribution in [2.45, 2.75) is 13.8 Å². The number of hydrogen-bond donors (Lipinski definition) is 1. The number of rotatable bonds is 8. The fraction of sp³-hybridized carbons (Fsp3) is 0.316. The van der Waals surface area contributed by atoms with Crippen LogP contribution in [0.1, 0.15) is 19.4 Å². The molecular formula is C19H23NO3. The average Bonchev–Trinajstić information content (AvgIpc) is 2.57. The third-order valence-corrected chi connectivity index (χ3v) is 4.03. The summed E-state index contributed by atoms with van der Waals surface area (Å²) >= 11 is 0. The molecule has 0 radical (unpaired) electrons. The van der Waals surface area contributed by atoms with Crippen molar-refractivity contribution in [3.63, 3.8) is 0 Å². The molecule has 2 aromatic rings. The molecule has 2 rings (SSSR count). The van der Waals surface area contributed by atoms with E-state index in [4.69, 9.17) is 4.74 Å². The standard InChI is InChI=1S/C19H23NO3/c1-3-20(4-2)13-14-23-18-11-9-15-7-5-6-8-16(15)17(18)10-12-19(21)22/h5-12H,3-4,13-14H2,1-2H3,(H,21,22)/b12-10+. The highest BCUT2D eigenvalue weighted by Gasteiger charge is 2.08. The molecule has 0 unspecified atom stereocenters. The summed E-state index contributed by atoms with van der Waals surface area (Å²) in [7, 11) is 0. The molecule has 0 amide bonds. The van der Waals surface area contributed by atoms with Gasteiger partial charge in [0.25, 0.3) is 0 Å². The van der Waals surface area contributed by atoms with E-state index in [9.17, 15) is 9.90 Å². The van der Waals surface area contributed by atoms with Gasteiger partial charge in [0.1, 0.15) is 18.9 Å². The molecule has 0 aliphatic carbocycles. The van der Waals surface area contributed by atoms with Gasteiger partial charge in [0.15, 0.2) is 0 Å². The number of ether oxygens (including phenoxy) is 1. The number of benzene rings is 2. The van der Waals surface area contributed by atoms with Gasteiger partial charge in [-0.1, -0.05) is 30.3 Å². The number of aliphatic carboxylic acids is 1. The molecule has 0 aliphatic rings. The zero-order chi connectivity index (χ0) is 16.7. The van der Waals surface area contributed by atoms with E-state index in [2.05, 4.69) is 13.8 Å². The highest BCUT2D eigenvalue weighted by molar-refractivity contribution is 5.96. The largest absolute Gasteiger partial charge is 0.545 e. The first-order valence-corrected chi connectivity index (χ1v) is 8.02. The highest BCUT2D eigenvalue weighted by Crippen LogP contribution is 2.29. The van der Waals surface area contributed by atoms with Gasteiger partial charge in [0.05, 0.1) is 19.1 Å². The Morgan fingerprint density at radius 3 is 2.61 bits per heavy atom. The fourth-order valence-electron chi connectivity index (χ4n) is 2.63. The molecule has 0 saturated heterocycles. The summed E-state index contributed by atoms with van der Waals surface area (Å²) in [5.74, 6) is -0.510. The predicted octanol–water partition coefficient (Wildman–Crippen LogP) is 0.906. The number of carbonyl (C=O) groups excluding carboxylic acids is 1. The Morgan fingerprint density at radius 1 is 1.17 bits per heavy atom. The van der Waals surface area contributed by atoms with Crippen LogP contribution in [0.3, 0.4) is 0 Å². The van der Waals surface area contributed by atoms with E-state index >= 15 is 0 Å². The molecule has 0 fully saturated rings. The second-order valence-corrected chi connectivity index (χ2v) is 5.41. The fourth-order valence-corrected chi connectivity index (χ4v) is 2.63. The third kappa shape index (κ3) is 4.57. The van der Waals surface area contributed by atoms with Gasteiger partial charge >= 0.3 is 0 Å². The summed E-state index contributed by atoms with van der Waals surface area (Å²) in [6.07, 6.45) is 2.60. The number of nitrogens with one attached hydrogen (secondary N) is 1. The van der Waals surface area contributed by atoms with Crippen molar-refractivity contribution in [2.24, 2.45) is 0 Å². The van der Waals surface area contributed by atoms with E-state index in [-0.39, 0.29) is 0 Å². The first-order chi connectivity index (χ1) is 11.2. The number of carbonyl (C=O) groups is 1.